The van der Waals surface area contributed by atoms with Gasteiger partial charge in [-0.15, -0.1) is 0 Å². The Morgan fingerprint density at radius 3 is 2.57 bits per heavy atom. The first-order valence-electron chi connectivity index (χ1n) is 8.18. The van der Waals surface area contributed by atoms with Gasteiger partial charge in [-0.2, -0.15) is 0 Å². The summed E-state index contributed by atoms with van der Waals surface area (Å²) >= 11 is 7.09. The number of carbonyl (C=O) groups is 2. The largest absolute Gasteiger partial charge is 0.463 e. The van der Waals surface area contributed by atoms with Gasteiger partial charge < -0.3 is 4.42 Å². The predicted molar refractivity (Wildman–Crippen MR) is 107 cm³/mol. The highest BCUT2D eigenvalue weighted by Crippen LogP contribution is 2.33. The first-order chi connectivity index (χ1) is 13.6. The number of nitrogens with zero attached hydrogens (tertiary/aromatic N) is 2. The molecule has 0 bridgehead atoms. The minimum absolute atomic E-state index is 0.254. The molecule has 0 fully saturated rings. The molecule has 0 atom stereocenters. The minimum Gasteiger partial charge on any atom is -0.463 e. The lowest BCUT2D eigenvalue weighted by atomic mass is 10.1. The first-order valence-corrected chi connectivity index (χ1v) is 9.37. The molecule has 4 rings (SSSR count). The Bertz CT molecular complexity index is 1140. The summed E-state index contributed by atoms with van der Waals surface area (Å²) in [6.07, 6.45) is 4.55. The fourth-order valence-electron chi connectivity index (χ4n) is 2.54. The SMILES string of the molecule is O=C(Nc1nc(-c2ccco2)c(C(=O)c2cccc(Cl)c2)s1)c1ccncc1. The van der Waals surface area contributed by atoms with Crippen molar-refractivity contribution in [3.63, 3.8) is 0 Å². The number of aromatic nitrogens is 2. The van der Waals surface area contributed by atoms with Crippen molar-refractivity contribution in [2.75, 3.05) is 5.32 Å². The van der Waals surface area contributed by atoms with Gasteiger partial charge in [-0.3, -0.25) is 19.9 Å². The van der Waals surface area contributed by atoms with E-state index < -0.39 is 0 Å². The van der Waals surface area contributed by atoms with Crippen molar-refractivity contribution in [3.8, 4) is 11.5 Å². The van der Waals surface area contributed by atoms with Crippen molar-refractivity contribution in [2.24, 2.45) is 0 Å². The van der Waals surface area contributed by atoms with E-state index in [4.69, 9.17) is 16.0 Å². The highest BCUT2D eigenvalue weighted by Gasteiger charge is 2.23. The van der Waals surface area contributed by atoms with Crippen LogP contribution in [0.3, 0.4) is 0 Å². The second kappa shape index (κ2) is 7.75. The fourth-order valence-corrected chi connectivity index (χ4v) is 3.66. The van der Waals surface area contributed by atoms with E-state index in [1.807, 2.05) is 0 Å². The maximum Gasteiger partial charge on any atom is 0.257 e. The van der Waals surface area contributed by atoms with Gasteiger partial charge in [-0.05, 0) is 36.4 Å². The van der Waals surface area contributed by atoms with E-state index in [0.29, 0.717) is 37.6 Å². The number of anilines is 1. The first kappa shape index (κ1) is 18.1. The summed E-state index contributed by atoms with van der Waals surface area (Å²) < 4.78 is 5.42. The molecule has 3 aromatic heterocycles. The van der Waals surface area contributed by atoms with E-state index in [0.717, 1.165) is 11.3 Å². The van der Waals surface area contributed by atoms with E-state index in [9.17, 15) is 9.59 Å². The van der Waals surface area contributed by atoms with Gasteiger partial charge >= 0.3 is 0 Å². The number of ketones is 1. The molecule has 1 N–H and O–H groups in total. The second-order valence-electron chi connectivity index (χ2n) is 5.70. The van der Waals surface area contributed by atoms with Crippen molar-refractivity contribution in [3.05, 3.63) is 88.2 Å². The highest BCUT2D eigenvalue weighted by atomic mass is 35.5. The molecule has 6 nitrogen and oxygen atoms in total. The van der Waals surface area contributed by atoms with E-state index in [2.05, 4.69) is 15.3 Å². The summed E-state index contributed by atoms with van der Waals surface area (Å²) in [5.41, 5.74) is 1.23. The second-order valence-corrected chi connectivity index (χ2v) is 7.14. The summed E-state index contributed by atoms with van der Waals surface area (Å²) in [6.45, 7) is 0. The number of thiazole rings is 1. The Kier molecular flexibility index (Phi) is 5.01. The van der Waals surface area contributed by atoms with Gasteiger partial charge in [0.25, 0.3) is 5.91 Å². The zero-order chi connectivity index (χ0) is 19.5. The number of nitrogens with one attached hydrogen (secondary N) is 1. The maximum absolute atomic E-state index is 13.0. The van der Waals surface area contributed by atoms with Gasteiger partial charge in [-0.25, -0.2) is 4.98 Å². The minimum atomic E-state index is -0.344. The average molecular weight is 410 g/mol. The molecular formula is C20H12ClN3O3S. The molecule has 0 aliphatic heterocycles. The number of rotatable bonds is 5. The van der Waals surface area contributed by atoms with Crippen LogP contribution in [0.4, 0.5) is 5.13 Å². The van der Waals surface area contributed by atoms with Gasteiger partial charge in [0.2, 0.25) is 5.78 Å². The summed E-state index contributed by atoms with van der Waals surface area (Å²) in [6, 6.07) is 13.3. The topological polar surface area (TPSA) is 85.1 Å². The molecule has 3 heterocycles. The third kappa shape index (κ3) is 3.71. The van der Waals surface area contributed by atoms with Crippen LogP contribution in [0.2, 0.25) is 5.02 Å². The Hall–Kier alpha value is -3.29. The molecule has 0 spiro atoms. The standard InChI is InChI=1S/C20H12ClN3O3S/c21-14-4-1-3-13(11-14)17(25)18-16(15-5-2-10-27-15)23-20(28-18)24-19(26)12-6-8-22-9-7-12/h1-11H,(H,23,24,26). The van der Waals surface area contributed by atoms with Crippen LogP contribution >= 0.6 is 22.9 Å². The summed E-state index contributed by atoms with van der Waals surface area (Å²) in [4.78, 5) is 34.1. The number of carbonyl (C=O) groups excluding carboxylic acids is 2. The van der Waals surface area contributed by atoms with E-state index >= 15 is 0 Å². The van der Waals surface area contributed by atoms with Crippen molar-refractivity contribution in [1.82, 2.24) is 9.97 Å². The Labute approximate surface area is 168 Å². The monoisotopic (exact) mass is 409 g/mol. The number of furan rings is 1. The Morgan fingerprint density at radius 1 is 1.04 bits per heavy atom. The third-order valence-electron chi connectivity index (χ3n) is 3.84. The van der Waals surface area contributed by atoms with E-state index in [1.54, 1.807) is 48.5 Å². The van der Waals surface area contributed by atoms with Gasteiger partial charge in [0.15, 0.2) is 10.9 Å². The summed E-state index contributed by atoms with van der Waals surface area (Å²) in [5, 5.41) is 3.47. The van der Waals surface area contributed by atoms with Crippen LogP contribution in [0, 0.1) is 0 Å². The molecule has 0 aliphatic carbocycles. The van der Waals surface area contributed by atoms with Crippen molar-refractivity contribution >= 4 is 39.8 Å². The number of halogens is 1. The molecule has 1 aromatic carbocycles. The van der Waals surface area contributed by atoms with E-state index in [-0.39, 0.29) is 11.7 Å². The lowest BCUT2D eigenvalue weighted by Crippen LogP contribution is -2.11. The van der Waals surface area contributed by atoms with Crippen LogP contribution in [0.1, 0.15) is 25.6 Å². The quantitative estimate of drug-likeness (QED) is 0.472. The van der Waals surface area contributed by atoms with Crippen LogP contribution < -0.4 is 5.32 Å². The number of benzene rings is 1. The van der Waals surface area contributed by atoms with Crippen LogP contribution in [0.5, 0.6) is 0 Å². The predicted octanol–water partition coefficient (Wildman–Crippen LogP) is 4.93. The van der Waals surface area contributed by atoms with Crippen LogP contribution in [-0.2, 0) is 0 Å². The molecule has 0 aliphatic rings. The molecule has 28 heavy (non-hydrogen) atoms. The Balaban J connectivity index is 1.71. The molecule has 0 radical (unpaired) electrons. The van der Waals surface area contributed by atoms with Crippen molar-refractivity contribution in [1.29, 1.82) is 0 Å². The molecule has 4 aromatic rings. The fraction of sp³-hybridized carbons (Fsp3) is 0. The number of hydrogen-bond donors (Lipinski definition) is 1. The molecule has 0 saturated carbocycles. The summed E-state index contributed by atoms with van der Waals surface area (Å²) in [7, 11) is 0. The maximum atomic E-state index is 13.0. The summed E-state index contributed by atoms with van der Waals surface area (Å²) in [5.74, 6) is -0.161. The molecule has 1 amide bonds. The molecular weight excluding hydrogens is 398 g/mol. The zero-order valence-electron chi connectivity index (χ0n) is 14.3. The van der Waals surface area contributed by atoms with Crippen LogP contribution in [-0.4, -0.2) is 21.7 Å². The molecule has 0 saturated heterocycles. The molecule has 0 unspecified atom stereocenters. The average Bonchev–Trinajstić information content (AvgIpc) is 3.38. The normalized spacial score (nSPS) is 10.6. The van der Waals surface area contributed by atoms with E-state index in [1.165, 1.54) is 18.7 Å². The van der Waals surface area contributed by atoms with Crippen LogP contribution in [0.15, 0.2) is 71.6 Å². The van der Waals surface area contributed by atoms with Gasteiger partial charge in [0.1, 0.15) is 10.6 Å². The van der Waals surface area contributed by atoms with Crippen LogP contribution in [0.25, 0.3) is 11.5 Å². The lowest BCUT2D eigenvalue weighted by Gasteiger charge is -2.01. The highest BCUT2D eigenvalue weighted by molar-refractivity contribution is 7.18. The number of amides is 1. The van der Waals surface area contributed by atoms with Crippen molar-refractivity contribution in [2.45, 2.75) is 0 Å². The smallest absolute Gasteiger partial charge is 0.257 e. The van der Waals surface area contributed by atoms with Gasteiger partial charge in [0, 0.05) is 28.5 Å². The third-order valence-corrected chi connectivity index (χ3v) is 5.04. The molecule has 8 heteroatoms. The Morgan fingerprint density at radius 2 is 1.86 bits per heavy atom. The molecule has 138 valence electrons. The zero-order valence-corrected chi connectivity index (χ0v) is 15.8. The lowest BCUT2D eigenvalue weighted by molar-refractivity contribution is 0.102. The number of hydrogen-bond acceptors (Lipinski definition) is 6. The van der Waals surface area contributed by atoms with Gasteiger partial charge in [-0.1, -0.05) is 35.1 Å². The van der Waals surface area contributed by atoms with Crippen molar-refractivity contribution < 1.29 is 14.0 Å². The number of pyridine rings is 1. The van der Waals surface area contributed by atoms with Gasteiger partial charge in [0.05, 0.1) is 6.26 Å².